The maximum absolute atomic E-state index is 9.14. The fourth-order valence-electron chi connectivity index (χ4n) is 15.7. The third kappa shape index (κ3) is 20.6. The number of piperidine rings is 3. The fourth-order valence-corrected chi connectivity index (χ4v) is 15.7. The summed E-state index contributed by atoms with van der Waals surface area (Å²) in [6.45, 7) is 29.5. The molecule has 10 aromatic heterocycles. The van der Waals surface area contributed by atoms with Crippen molar-refractivity contribution in [3.63, 3.8) is 0 Å². The van der Waals surface area contributed by atoms with Crippen LogP contribution in [-0.2, 0) is 0 Å². The van der Waals surface area contributed by atoms with Crippen LogP contribution < -0.4 is 51.1 Å². The highest BCUT2D eigenvalue weighted by atomic mass is 16.3. The number of aliphatic hydroxyl groups is 1. The van der Waals surface area contributed by atoms with Crippen LogP contribution in [-0.4, -0.2) is 203 Å². The van der Waals surface area contributed by atoms with Gasteiger partial charge in [0.05, 0.1) is 40.4 Å². The number of aromatic nitrogens is 20. The van der Waals surface area contributed by atoms with Crippen LogP contribution in [0.25, 0.3) is 59.4 Å². The Morgan fingerprint density at radius 3 is 0.975 bits per heavy atom. The molecule has 5 aromatic carbocycles. The summed E-state index contributed by atoms with van der Waals surface area (Å²) in [5.74, 6) is 12.7. The van der Waals surface area contributed by atoms with E-state index in [2.05, 4.69) is 126 Å². The van der Waals surface area contributed by atoms with Crippen LogP contribution in [0.4, 0.5) is 93.6 Å². The molecule has 5 saturated heterocycles. The summed E-state index contributed by atoms with van der Waals surface area (Å²) in [5, 5.41) is 66.2. The largest absolute Gasteiger partial charge is 0.396 e. The smallest absolute Gasteiger partial charge is 0.247 e. The minimum Gasteiger partial charge on any atom is -0.396 e. The van der Waals surface area contributed by atoms with E-state index in [0.29, 0.717) is 23.2 Å². The van der Waals surface area contributed by atoms with Crippen molar-refractivity contribution in [2.45, 2.75) is 112 Å². The molecule has 33 heteroatoms. The van der Waals surface area contributed by atoms with Crippen LogP contribution in [0.3, 0.4) is 0 Å². The molecule has 0 unspecified atom stereocenters. The van der Waals surface area contributed by atoms with Gasteiger partial charge >= 0.3 is 0 Å². The first-order valence-electron chi connectivity index (χ1n) is 42.5. The van der Waals surface area contributed by atoms with Gasteiger partial charge in [-0.05, 0) is 171 Å². The zero-order valence-corrected chi connectivity index (χ0v) is 70.1. The fraction of sp³-hybridized carbons (Fsp3) is 0.371. The number of fused-ring (bicyclic) bond motifs is 5. The number of hydrogen-bond donors (Lipinski definition) is 11. The van der Waals surface area contributed by atoms with E-state index >= 15 is 0 Å². The molecule has 0 aliphatic carbocycles. The number of nitrogens with zero attached hydrogens (tertiary/aromatic N) is 22. The second-order valence-electron chi connectivity index (χ2n) is 31.9. The molecule has 11 N–H and O–H groups in total. The van der Waals surface area contributed by atoms with E-state index in [1.807, 2.05) is 173 Å². The third-order valence-electron chi connectivity index (χ3n) is 22.6. The molecule has 15 heterocycles. The highest BCUT2D eigenvalue weighted by molar-refractivity contribution is 5.96. The molecule has 20 rings (SSSR count). The normalized spacial score (nSPS) is 15.4. The van der Waals surface area contributed by atoms with Crippen LogP contribution >= 0.6 is 0 Å². The number of aryl methyl sites for hydroxylation is 4. The Hall–Kier alpha value is -13.7. The predicted octanol–water partition coefficient (Wildman–Crippen LogP) is 16.2. The standard InChI is InChI=1S/C19H24N6O.C18H19N7.C18H22N6.C17H21N7.C17H20N6/c1-13-12-17(24-23-13)21-18-15-4-2-3-5-16(15)20-19(22-18)25-9-6-14(7-10-25)8-11-26;1-12-7-9-25(10-8-12)18-21-14-6-4-3-5-13(14)16(23-18)22-17-15(19-2)11-20-24-17;1-13-12-16(23-22-13)20-17-14-8-4-5-9-15(14)19-18(21-17)24-10-6-2-3-7-11-24;1-12-11-15(22-21-12)19-16-13-5-3-4-6-14(13)18-17(20-16)24-9-7-23(2)8-10-24;1-12-11-15(22-21-12)19-16-13-7-3-4-8-14(13)18-17(20-16)23-9-5-2-6-10-23/h2-5,12,14,26H,6-11H2,1H3,(H2,20,21,22,23,24);3-6,11-12H,7-10H2,1H3,(H2,20,21,22,23,24);4-5,8-9,12H,2-3,6-7,10-11H2,1H3,(H2,19,20,21,22,23);3-6,11H,7-10H2,1-2H3,(H2,18,19,20,21,22);3-4,7-8,11H,2,5-6,9-10H2,1H3,(H2,18,19,20,21,22). The first-order chi connectivity index (χ1) is 59.7. The second kappa shape index (κ2) is 39.0. The lowest BCUT2D eigenvalue weighted by Gasteiger charge is -2.32. The van der Waals surface area contributed by atoms with Crippen LogP contribution in [0.5, 0.6) is 0 Å². The van der Waals surface area contributed by atoms with E-state index < -0.39 is 0 Å². The number of rotatable bonds is 17. The van der Waals surface area contributed by atoms with Crippen molar-refractivity contribution in [2.75, 3.05) is 143 Å². The lowest BCUT2D eigenvalue weighted by molar-refractivity contribution is 0.240. The van der Waals surface area contributed by atoms with Crippen molar-refractivity contribution in [3.05, 3.63) is 186 Å². The van der Waals surface area contributed by atoms with Gasteiger partial charge in [0.2, 0.25) is 35.4 Å². The zero-order valence-electron chi connectivity index (χ0n) is 70.1. The van der Waals surface area contributed by atoms with Gasteiger partial charge in [0, 0.05) is 159 Å². The minimum absolute atomic E-state index is 0.272. The topological polar surface area (TPSA) is 376 Å². The molecule has 0 radical (unpaired) electrons. The number of benzene rings is 5. The lowest BCUT2D eigenvalue weighted by Crippen LogP contribution is -2.45. The molecule has 628 valence electrons. The molecule has 122 heavy (non-hydrogen) atoms. The van der Waals surface area contributed by atoms with Gasteiger partial charge < -0.3 is 61.1 Å². The molecule has 0 bridgehead atoms. The molecule has 0 amide bonds. The summed E-state index contributed by atoms with van der Waals surface area (Å²) in [6, 6.07) is 48.1. The molecule has 15 aromatic rings. The Bertz CT molecular complexity index is 6010. The van der Waals surface area contributed by atoms with Gasteiger partial charge in [0.15, 0.2) is 23.3 Å². The highest BCUT2D eigenvalue weighted by Crippen LogP contribution is 2.36. The van der Waals surface area contributed by atoms with E-state index in [4.69, 9.17) is 61.5 Å². The van der Waals surface area contributed by atoms with Gasteiger partial charge in [-0.2, -0.15) is 50.4 Å². The number of aliphatic hydroxyl groups excluding tert-OH is 1. The second-order valence-corrected chi connectivity index (χ2v) is 31.9. The highest BCUT2D eigenvalue weighted by Gasteiger charge is 2.26. The van der Waals surface area contributed by atoms with Crippen LogP contribution in [0.1, 0.15) is 107 Å². The molecule has 0 saturated carbocycles. The van der Waals surface area contributed by atoms with Crippen LogP contribution in [0, 0.1) is 46.1 Å². The Morgan fingerprint density at radius 2 is 0.664 bits per heavy atom. The first kappa shape index (κ1) is 82.0. The Morgan fingerprint density at radius 1 is 0.369 bits per heavy atom. The van der Waals surface area contributed by atoms with E-state index in [1.165, 1.54) is 51.1 Å². The molecule has 5 fully saturated rings. The van der Waals surface area contributed by atoms with Crippen molar-refractivity contribution >= 4 is 148 Å². The Balaban J connectivity index is 0.000000113. The number of piperazine rings is 1. The van der Waals surface area contributed by atoms with Gasteiger partial charge in [-0.15, -0.1) is 0 Å². The number of aromatic amines is 5. The summed E-state index contributed by atoms with van der Waals surface area (Å²) >= 11 is 0. The number of para-hydroxylation sites is 5. The number of hydrogen-bond acceptors (Lipinski definition) is 27. The summed E-state index contributed by atoms with van der Waals surface area (Å²) in [4.78, 5) is 64.9. The van der Waals surface area contributed by atoms with Crippen molar-refractivity contribution in [1.82, 2.24) is 106 Å². The van der Waals surface area contributed by atoms with Gasteiger partial charge in [-0.1, -0.05) is 80.4 Å². The van der Waals surface area contributed by atoms with Gasteiger partial charge in [0.1, 0.15) is 34.9 Å². The van der Waals surface area contributed by atoms with Crippen LogP contribution in [0.15, 0.2) is 152 Å². The van der Waals surface area contributed by atoms with E-state index in [0.717, 1.165) is 270 Å². The maximum Gasteiger partial charge on any atom is 0.247 e. The first-order valence-corrected chi connectivity index (χ1v) is 42.5. The average Bonchev–Trinajstić information content (AvgIpc) is 1.16. The van der Waals surface area contributed by atoms with Crippen molar-refractivity contribution < 1.29 is 5.11 Å². The Labute approximate surface area is 708 Å². The minimum atomic E-state index is 0.272. The van der Waals surface area contributed by atoms with Crippen LogP contribution in [0.2, 0.25) is 0 Å². The summed E-state index contributed by atoms with van der Waals surface area (Å²) in [5.41, 5.74) is 9.15. The van der Waals surface area contributed by atoms with E-state index in [-0.39, 0.29) is 6.61 Å². The molecular formula is C89H106N32O. The number of likely N-dealkylation sites (N-methyl/N-ethyl adjacent to an activating group) is 1. The lowest BCUT2D eigenvalue weighted by atomic mass is 9.94. The van der Waals surface area contributed by atoms with Gasteiger partial charge in [-0.25, -0.2) is 29.8 Å². The average molecular weight is 1640 g/mol. The van der Waals surface area contributed by atoms with Crippen molar-refractivity contribution in [3.8, 4) is 0 Å². The predicted molar refractivity (Wildman–Crippen MR) is 486 cm³/mol. The zero-order chi connectivity index (χ0) is 83.7. The van der Waals surface area contributed by atoms with E-state index in [9.17, 15) is 0 Å². The molecule has 0 atom stereocenters. The summed E-state index contributed by atoms with van der Waals surface area (Å²) in [7, 11) is 2.14. The molecule has 0 spiro atoms. The quantitative estimate of drug-likeness (QED) is 0.0377. The molecule has 5 aliphatic rings. The van der Waals surface area contributed by atoms with Crippen molar-refractivity contribution in [2.24, 2.45) is 11.8 Å². The summed E-state index contributed by atoms with van der Waals surface area (Å²) < 4.78 is 0. The van der Waals surface area contributed by atoms with Crippen molar-refractivity contribution in [1.29, 1.82) is 0 Å². The maximum atomic E-state index is 9.14. The monoisotopic (exact) mass is 1640 g/mol. The SMILES string of the molecule is Cc1cc(Nc2nc(N3CCC(CCO)CC3)nc3ccccc23)n[nH]1.Cc1cc(Nc2nc(N3CCCCC3)nc3ccccc23)n[nH]1.Cc1cc(Nc2nc(N3CCCCCC3)nc3ccccc23)n[nH]1.Cc1cc(Nc2nc(N3CCN(C)CC3)nc3ccccc23)n[nH]1.[C-]#[N+]c1cn[nH]c1Nc1nc(N2CCC(C)CC2)nc2ccccc12. The number of H-pyrrole nitrogens is 5. The number of anilines is 15. The van der Waals surface area contributed by atoms with Gasteiger partial charge in [-0.3, -0.25) is 25.5 Å². The van der Waals surface area contributed by atoms with Gasteiger partial charge in [0.25, 0.3) is 0 Å². The molecule has 5 aliphatic heterocycles. The third-order valence-corrected chi connectivity index (χ3v) is 22.6. The Kier molecular flexibility index (Phi) is 26.2. The summed E-state index contributed by atoms with van der Waals surface area (Å²) in [6.07, 6.45) is 15.5. The molecular weight excluding hydrogens is 1530 g/mol. The van der Waals surface area contributed by atoms with E-state index in [1.54, 1.807) is 0 Å². The molecule has 33 nitrogen and oxygen atoms in total. The number of nitrogens with one attached hydrogen (secondary N) is 10.